The van der Waals surface area contributed by atoms with Crippen LogP contribution in [0.5, 0.6) is 0 Å². The second kappa shape index (κ2) is 6.98. The number of hydrogen-bond donors (Lipinski definition) is 0. The molecule has 0 atom stereocenters. The molecule has 76 valence electrons. The SMILES string of the molecule is CCCCOS(=O)(=O)c1ccsc1.[H-].[Na+]. The van der Waals surface area contributed by atoms with Crippen molar-refractivity contribution in [2.75, 3.05) is 6.61 Å². The molecule has 0 radical (unpaired) electrons. The van der Waals surface area contributed by atoms with E-state index in [0.717, 1.165) is 12.8 Å². The zero-order chi connectivity index (χ0) is 9.73. The summed E-state index contributed by atoms with van der Waals surface area (Å²) in [4.78, 5) is 0.258. The minimum Gasteiger partial charge on any atom is -1.00 e. The van der Waals surface area contributed by atoms with Crippen LogP contribution in [-0.4, -0.2) is 15.0 Å². The van der Waals surface area contributed by atoms with Crippen molar-refractivity contribution in [3.8, 4) is 0 Å². The molecule has 0 saturated carbocycles. The van der Waals surface area contributed by atoms with Gasteiger partial charge in [-0.1, -0.05) is 13.3 Å². The predicted molar refractivity (Wildman–Crippen MR) is 53.5 cm³/mol. The Labute approximate surface area is 112 Å². The predicted octanol–water partition coefficient (Wildman–Crippen LogP) is -0.630. The van der Waals surface area contributed by atoms with E-state index in [4.69, 9.17) is 4.18 Å². The van der Waals surface area contributed by atoms with Gasteiger partial charge in [0.25, 0.3) is 10.1 Å². The van der Waals surface area contributed by atoms with E-state index in [1.54, 1.807) is 16.8 Å². The van der Waals surface area contributed by atoms with Gasteiger partial charge in [0.2, 0.25) is 0 Å². The van der Waals surface area contributed by atoms with Gasteiger partial charge in [0, 0.05) is 5.38 Å². The van der Waals surface area contributed by atoms with E-state index in [1.807, 2.05) is 6.92 Å². The maximum atomic E-state index is 11.4. The van der Waals surface area contributed by atoms with Crippen LogP contribution in [0.4, 0.5) is 0 Å². The molecule has 0 fully saturated rings. The first-order valence-corrected chi connectivity index (χ1v) is 6.43. The summed E-state index contributed by atoms with van der Waals surface area (Å²) in [6, 6.07) is 1.55. The molecular formula is C8H13NaO3S2. The summed E-state index contributed by atoms with van der Waals surface area (Å²) in [5.74, 6) is 0. The van der Waals surface area contributed by atoms with Crippen LogP contribution in [0, 0.1) is 0 Å². The molecule has 0 N–H and O–H groups in total. The summed E-state index contributed by atoms with van der Waals surface area (Å²) in [6.45, 7) is 2.26. The molecule has 6 heteroatoms. The van der Waals surface area contributed by atoms with Gasteiger partial charge in [-0.3, -0.25) is 4.18 Å². The molecule has 0 aromatic carbocycles. The number of rotatable bonds is 5. The van der Waals surface area contributed by atoms with Gasteiger partial charge in [-0.25, -0.2) is 0 Å². The summed E-state index contributed by atoms with van der Waals surface area (Å²) < 4.78 is 27.5. The Morgan fingerprint density at radius 3 is 2.79 bits per heavy atom. The molecule has 0 aliphatic carbocycles. The van der Waals surface area contributed by atoms with Crippen LogP contribution in [0.25, 0.3) is 0 Å². The van der Waals surface area contributed by atoms with Crippen molar-refractivity contribution in [1.29, 1.82) is 0 Å². The maximum Gasteiger partial charge on any atom is 1.00 e. The second-order valence-corrected chi connectivity index (χ2v) is 4.98. The molecule has 1 rings (SSSR count). The molecule has 0 bridgehead atoms. The summed E-state index contributed by atoms with van der Waals surface area (Å²) in [7, 11) is -3.48. The fourth-order valence-electron chi connectivity index (χ4n) is 0.775. The fraction of sp³-hybridized carbons (Fsp3) is 0.500. The first-order valence-electron chi connectivity index (χ1n) is 4.08. The number of thiophene rings is 1. The van der Waals surface area contributed by atoms with Crippen molar-refractivity contribution in [3.05, 3.63) is 16.8 Å². The summed E-state index contributed by atoms with van der Waals surface area (Å²) in [5.41, 5.74) is 0. The molecule has 0 saturated heterocycles. The standard InChI is InChI=1S/C8H12O3S2.Na.H/c1-2-3-5-11-13(9,10)8-4-6-12-7-8;;/h4,6-7H,2-3,5H2,1H3;;/q;+1;-1. The Kier molecular flexibility index (Phi) is 7.28. The minimum absolute atomic E-state index is 0. The van der Waals surface area contributed by atoms with E-state index in [2.05, 4.69) is 0 Å². The van der Waals surface area contributed by atoms with Crippen molar-refractivity contribution in [1.82, 2.24) is 0 Å². The molecule has 0 spiro atoms. The molecule has 1 aromatic rings. The topological polar surface area (TPSA) is 43.4 Å². The van der Waals surface area contributed by atoms with Crippen molar-refractivity contribution >= 4 is 21.5 Å². The van der Waals surface area contributed by atoms with Gasteiger partial charge >= 0.3 is 29.6 Å². The summed E-state index contributed by atoms with van der Waals surface area (Å²) in [5, 5.41) is 3.29. The molecule has 0 aliphatic rings. The zero-order valence-electron chi connectivity index (χ0n) is 9.39. The quantitative estimate of drug-likeness (QED) is 0.393. The Hall–Kier alpha value is 0.610. The molecule has 0 unspecified atom stereocenters. The van der Waals surface area contributed by atoms with Gasteiger partial charge in [-0.05, 0) is 17.9 Å². The molecule has 0 amide bonds. The van der Waals surface area contributed by atoms with Crippen LogP contribution in [0.2, 0.25) is 0 Å². The van der Waals surface area contributed by atoms with Gasteiger partial charge in [0.15, 0.2) is 0 Å². The van der Waals surface area contributed by atoms with E-state index in [9.17, 15) is 8.42 Å². The summed E-state index contributed by atoms with van der Waals surface area (Å²) in [6.07, 6.45) is 1.70. The van der Waals surface area contributed by atoms with Crippen molar-refractivity contribution < 1.29 is 43.6 Å². The second-order valence-electron chi connectivity index (χ2n) is 2.59. The third kappa shape index (κ3) is 4.42. The van der Waals surface area contributed by atoms with Gasteiger partial charge in [-0.15, -0.1) is 0 Å². The molecule has 14 heavy (non-hydrogen) atoms. The van der Waals surface area contributed by atoms with E-state index in [1.165, 1.54) is 11.3 Å². The molecular weight excluding hydrogens is 231 g/mol. The van der Waals surface area contributed by atoms with Crippen LogP contribution in [0.3, 0.4) is 0 Å². The Morgan fingerprint density at radius 1 is 1.57 bits per heavy atom. The Bertz CT molecular complexity index is 337. The van der Waals surface area contributed by atoms with Crippen molar-refractivity contribution in [2.24, 2.45) is 0 Å². The smallest absolute Gasteiger partial charge is 1.00 e. The van der Waals surface area contributed by atoms with Crippen LogP contribution >= 0.6 is 11.3 Å². The number of unbranched alkanes of at least 4 members (excludes halogenated alkanes) is 1. The normalized spacial score (nSPS) is 10.9. The van der Waals surface area contributed by atoms with Gasteiger partial charge in [0.05, 0.1) is 6.61 Å². The van der Waals surface area contributed by atoms with E-state index in [-0.39, 0.29) is 42.5 Å². The van der Waals surface area contributed by atoms with Gasteiger partial charge in [-0.2, -0.15) is 19.8 Å². The van der Waals surface area contributed by atoms with E-state index in [0.29, 0.717) is 0 Å². The van der Waals surface area contributed by atoms with Crippen LogP contribution in [0.15, 0.2) is 21.7 Å². The first-order chi connectivity index (χ1) is 6.17. The maximum absolute atomic E-state index is 11.4. The fourth-order valence-corrected chi connectivity index (χ4v) is 2.72. The van der Waals surface area contributed by atoms with Crippen LogP contribution < -0.4 is 29.6 Å². The molecule has 1 heterocycles. The number of hydrogen-bond acceptors (Lipinski definition) is 4. The van der Waals surface area contributed by atoms with Gasteiger partial charge in [0.1, 0.15) is 4.90 Å². The Morgan fingerprint density at radius 2 is 2.29 bits per heavy atom. The first kappa shape index (κ1) is 14.6. The van der Waals surface area contributed by atoms with Crippen molar-refractivity contribution in [3.63, 3.8) is 0 Å². The van der Waals surface area contributed by atoms with Crippen LogP contribution in [0.1, 0.15) is 21.2 Å². The zero-order valence-corrected chi connectivity index (χ0v) is 12.0. The average molecular weight is 244 g/mol. The van der Waals surface area contributed by atoms with E-state index >= 15 is 0 Å². The third-order valence-corrected chi connectivity index (χ3v) is 3.66. The monoisotopic (exact) mass is 244 g/mol. The average Bonchev–Trinajstić information content (AvgIpc) is 2.56. The summed E-state index contributed by atoms with van der Waals surface area (Å²) >= 11 is 1.35. The van der Waals surface area contributed by atoms with Crippen LogP contribution in [-0.2, 0) is 14.3 Å². The van der Waals surface area contributed by atoms with Crippen molar-refractivity contribution in [2.45, 2.75) is 24.7 Å². The molecule has 3 nitrogen and oxygen atoms in total. The third-order valence-electron chi connectivity index (χ3n) is 1.52. The molecule has 0 aliphatic heterocycles. The Balaban J connectivity index is 0. The van der Waals surface area contributed by atoms with Gasteiger partial charge < -0.3 is 1.43 Å². The minimum atomic E-state index is -3.48. The molecule has 1 aromatic heterocycles. The largest absolute Gasteiger partial charge is 1.00 e. The van der Waals surface area contributed by atoms with E-state index < -0.39 is 10.1 Å².